The van der Waals surface area contributed by atoms with E-state index in [1.165, 1.54) is 0 Å². The van der Waals surface area contributed by atoms with Crippen LogP contribution in [0, 0.1) is 0 Å². The van der Waals surface area contributed by atoms with E-state index < -0.39 is 30.1 Å². The van der Waals surface area contributed by atoms with E-state index in [0.29, 0.717) is 13.0 Å². The van der Waals surface area contributed by atoms with Gasteiger partial charge in [0.2, 0.25) is 5.91 Å². The lowest BCUT2D eigenvalue weighted by atomic mass is 9.98. The van der Waals surface area contributed by atoms with Crippen LogP contribution in [0.25, 0.3) is 11.1 Å². The molecule has 0 bridgehead atoms. The lowest BCUT2D eigenvalue weighted by Gasteiger charge is -2.20. The van der Waals surface area contributed by atoms with Crippen molar-refractivity contribution in [1.82, 2.24) is 10.6 Å². The fourth-order valence-electron chi connectivity index (χ4n) is 4.09. The van der Waals surface area contributed by atoms with Gasteiger partial charge in [0.25, 0.3) is 0 Å². The van der Waals surface area contributed by atoms with Gasteiger partial charge in [0.05, 0.1) is 12.5 Å². The van der Waals surface area contributed by atoms with Crippen LogP contribution in [0.4, 0.5) is 4.79 Å². The van der Waals surface area contributed by atoms with Crippen LogP contribution in [-0.4, -0.2) is 55.0 Å². The third-order valence-corrected chi connectivity index (χ3v) is 5.67. The summed E-state index contributed by atoms with van der Waals surface area (Å²) in [4.78, 5) is 35.9. The molecule has 8 heteroatoms. The Balaban J connectivity index is 1.55. The molecule has 176 valence electrons. The number of carbonyl (C=O) groups is 3. The van der Waals surface area contributed by atoms with Gasteiger partial charge in [-0.3, -0.25) is 9.59 Å². The van der Waals surface area contributed by atoms with Gasteiger partial charge in [-0.15, -0.1) is 0 Å². The molecule has 0 radical (unpaired) electrons. The van der Waals surface area contributed by atoms with Gasteiger partial charge in [0.1, 0.15) is 12.6 Å². The third kappa shape index (κ3) is 6.10. The maximum Gasteiger partial charge on any atom is 0.407 e. The Morgan fingerprint density at radius 2 is 1.61 bits per heavy atom. The number of carboxylic acids is 1. The quantitative estimate of drug-likeness (QED) is 0.480. The first-order valence-corrected chi connectivity index (χ1v) is 11.2. The minimum Gasteiger partial charge on any atom is -0.481 e. The standard InChI is InChI=1S/C25H30N2O6/c1-3-22(24(30)26-14-16(32-4-2)13-23(28)29)27-25(31)33-15-21-19-11-7-5-9-17(19)18-10-6-8-12-20(18)21/h5-12,16,21-22H,3-4,13-15H2,1-2H3,(H,26,30)(H,27,31)(H,28,29). The van der Waals surface area contributed by atoms with E-state index in [1.54, 1.807) is 13.8 Å². The van der Waals surface area contributed by atoms with Crippen LogP contribution in [0.3, 0.4) is 0 Å². The summed E-state index contributed by atoms with van der Waals surface area (Å²) < 4.78 is 10.8. The minimum absolute atomic E-state index is 0.0435. The summed E-state index contributed by atoms with van der Waals surface area (Å²) in [5.41, 5.74) is 4.49. The second kappa shape index (κ2) is 11.5. The van der Waals surface area contributed by atoms with Gasteiger partial charge in [-0.2, -0.15) is 0 Å². The van der Waals surface area contributed by atoms with Crippen LogP contribution >= 0.6 is 0 Å². The smallest absolute Gasteiger partial charge is 0.407 e. The second-order valence-electron chi connectivity index (χ2n) is 7.85. The molecule has 3 N–H and O–H groups in total. The predicted molar refractivity (Wildman–Crippen MR) is 123 cm³/mol. The molecule has 0 heterocycles. The van der Waals surface area contributed by atoms with E-state index in [9.17, 15) is 14.4 Å². The maximum absolute atomic E-state index is 12.5. The van der Waals surface area contributed by atoms with Gasteiger partial charge < -0.3 is 25.2 Å². The number of alkyl carbamates (subject to hydrolysis) is 1. The summed E-state index contributed by atoms with van der Waals surface area (Å²) in [6.07, 6.45) is -1.17. The van der Waals surface area contributed by atoms with Gasteiger partial charge in [-0.05, 0) is 35.6 Å². The highest BCUT2D eigenvalue weighted by Crippen LogP contribution is 2.44. The zero-order valence-electron chi connectivity index (χ0n) is 18.9. The number of rotatable bonds is 11. The largest absolute Gasteiger partial charge is 0.481 e. The molecular formula is C25H30N2O6. The van der Waals surface area contributed by atoms with Crippen LogP contribution in [0.1, 0.15) is 43.7 Å². The summed E-state index contributed by atoms with van der Waals surface area (Å²) in [5.74, 6) is -1.49. The molecule has 3 rings (SSSR count). The zero-order valence-corrected chi connectivity index (χ0v) is 18.9. The van der Waals surface area contributed by atoms with Crippen LogP contribution in [0.5, 0.6) is 0 Å². The van der Waals surface area contributed by atoms with E-state index >= 15 is 0 Å². The van der Waals surface area contributed by atoms with E-state index in [4.69, 9.17) is 14.6 Å². The number of carboxylic acid groups (broad SMARTS) is 1. The molecule has 1 aliphatic rings. The number of hydrogen-bond acceptors (Lipinski definition) is 5. The van der Waals surface area contributed by atoms with Crippen molar-refractivity contribution < 1.29 is 29.0 Å². The van der Waals surface area contributed by atoms with Gasteiger partial charge in [0, 0.05) is 19.1 Å². The normalized spacial score (nSPS) is 14.0. The fourth-order valence-corrected chi connectivity index (χ4v) is 4.09. The van der Waals surface area contributed by atoms with Crippen LogP contribution < -0.4 is 10.6 Å². The van der Waals surface area contributed by atoms with Crippen molar-refractivity contribution in [2.45, 2.75) is 44.8 Å². The van der Waals surface area contributed by atoms with Crippen molar-refractivity contribution in [2.75, 3.05) is 19.8 Å². The molecule has 2 amide bonds. The topological polar surface area (TPSA) is 114 Å². The molecule has 2 aromatic rings. The van der Waals surface area contributed by atoms with Crippen LogP contribution in [0.2, 0.25) is 0 Å². The van der Waals surface area contributed by atoms with Crippen molar-refractivity contribution in [3.8, 4) is 11.1 Å². The number of aliphatic carboxylic acids is 1. The van der Waals surface area contributed by atoms with Gasteiger partial charge in [-0.1, -0.05) is 55.5 Å². The summed E-state index contributed by atoms with van der Waals surface area (Å²) in [6, 6.07) is 15.3. The van der Waals surface area contributed by atoms with Crippen molar-refractivity contribution >= 4 is 18.0 Å². The average molecular weight is 455 g/mol. The summed E-state index contributed by atoms with van der Waals surface area (Å²) >= 11 is 0. The SMILES string of the molecule is CCOC(CNC(=O)C(CC)NC(=O)OCC1c2ccccc2-c2ccccc21)CC(=O)O. The first kappa shape index (κ1) is 24.3. The van der Waals surface area contributed by atoms with Crippen molar-refractivity contribution in [1.29, 1.82) is 0 Å². The Morgan fingerprint density at radius 3 is 2.15 bits per heavy atom. The highest BCUT2D eigenvalue weighted by molar-refractivity contribution is 5.85. The monoisotopic (exact) mass is 454 g/mol. The average Bonchev–Trinajstić information content (AvgIpc) is 3.13. The summed E-state index contributed by atoms with van der Waals surface area (Å²) in [5, 5.41) is 14.2. The number of fused-ring (bicyclic) bond motifs is 3. The third-order valence-electron chi connectivity index (χ3n) is 5.67. The minimum atomic E-state index is -1.01. The Hall–Kier alpha value is -3.39. The second-order valence-corrected chi connectivity index (χ2v) is 7.85. The van der Waals surface area contributed by atoms with Gasteiger partial charge >= 0.3 is 12.1 Å². The van der Waals surface area contributed by atoms with Crippen molar-refractivity contribution in [2.24, 2.45) is 0 Å². The molecule has 0 fully saturated rings. The number of amides is 2. The van der Waals surface area contributed by atoms with Crippen molar-refractivity contribution in [3.63, 3.8) is 0 Å². The van der Waals surface area contributed by atoms with Crippen molar-refractivity contribution in [3.05, 3.63) is 59.7 Å². The summed E-state index contributed by atoms with van der Waals surface area (Å²) in [6.45, 7) is 4.06. The molecule has 2 unspecified atom stereocenters. The van der Waals surface area contributed by atoms with Crippen LogP contribution in [0.15, 0.2) is 48.5 Å². The van der Waals surface area contributed by atoms with E-state index in [-0.39, 0.29) is 25.5 Å². The molecule has 2 atom stereocenters. The molecule has 0 saturated carbocycles. The molecule has 0 spiro atoms. The Kier molecular flexibility index (Phi) is 8.43. The highest BCUT2D eigenvalue weighted by Gasteiger charge is 2.29. The van der Waals surface area contributed by atoms with Gasteiger partial charge in [0.15, 0.2) is 0 Å². The maximum atomic E-state index is 12.5. The number of ether oxygens (including phenoxy) is 2. The molecule has 33 heavy (non-hydrogen) atoms. The van der Waals surface area contributed by atoms with Crippen LogP contribution in [-0.2, 0) is 19.1 Å². The highest BCUT2D eigenvalue weighted by atomic mass is 16.5. The molecule has 0 aliphatic heterocycles. The number of hydrogen-bond donors (Lipinski definition) is 3. The molecule has 8 nitrogen and oxygen atoms in total. The molecule has 0 aromatic heterocycles. The lowest BCUT2D eigenvalue weighted by molar-refractivity contribution is -0.140. The predicted octanol–water partition coefficient (Wildman–Crippen LogP) is 3.30. The fraction of sp³-hybridized carbons (Fsp3) is 0.400. The Morgan fingerprint density at radius 1 is 1.00 bits per heavy atom. The molecule has 0 saturated heterocycles. The zero-order chi connectivity index (χ0) is 23.8. The molecule has 1 aliphatic carbocycles. The number of nitrogens with one attached hydrogen (secondary N) is 2. The molecule has 2 aromatic carbocycles. The van der Waals surface area contributed by atoms with E-state index in [0.717, 1.165) is 22.3 Å². The molecular weight excluding hydrogens is 424 g/mol. The van der Waals surface area contributed by atoms with Gasteiger partial charge in [-0.25, -0.2) is 4.79 Å². The van der Waals surface area contributed by atoms with E-state index in [2.05, 4.69) is 22.8 Å². The Bertz CT molecular complexity index is 947. The number of carbonyl (C=O) groups excluding carboxylic acids is 2. The summed E-state index contributed by atoms with van der Waals surface area (Å²) in [7, 11) is 0. The Labute approximate surface area is 193 Å². The lowest BCUT2D eigenvalue weighted by Crippen LogP contribution is -2.48. The first-order chi connectivity index (χ1) is 15.9. The number of benzene rings is 2. The first-order valence-electron chi connectivity index (χ1n) is 11.2. The van der Waals surface area contributed by atoms with E-state index in [1.807, 2.05) is 36.4 Å².